The molecule has 112 valence electrons. The number of aliphatic hydroxyl groups is 1. The van der Waals surface area contributed by atoms with E-state index in [2.05, 4.69) is 0 Å². The van der Waals surface area contributed by atoms with Crippen molar-refractivity contribution in [3.05, 3.63) is 59.1 Å². The molecule has 1 atom stereocenters. The van der Waals surface area contributed by atoms with Crippen molar-refractivity contribution in [1.29, 1.82) is 0 Å². The number of nitrogens with two attached hydrogens (primary N) is 1. The molecule has 2 aromatic carbocycles. The van der Waals surface area contributed by atoms with Crippen LogP contribution in [0.5, 0.6) is 5.75 Å². The molecule has 0 amide bonds. The number of hydrogen-bond acceptors (Lipinski definition) is 4. The molecule has 0 spiro atoms. The van der Waals surface area contributed by atoms with Crippen LogP contribution in [0.25, 0.3) is 0 Å². The van der Waals surface area contributed by atoms with Crippen molar-refractivity contribution in [2.24, 2.45) is 0 Å². The fourth-order valence-corrected chi connectivity index (χ4v) is 1.87. The summed E-state index contributed by atoms with van der Waals surface area (Å²) >= 11 is 5.80. The van der Waals surface area contributed by atoms with E-state index >= 15 is 0 Å². The van der Waals surface area contributed by atoms with Crippen molar-refractivity contribution in [3.8, 4) is 5.75 Å². The highest BCUT2D eigenvalue weighted by Crippen LogP contribution is 2.19. The molecule has 0 heterocycles. The number of halogens is 1. The maximum atomic E-state index is 9.81. The SMILES string of the molecule is Nc1ccccc1OCC(O)COCc1ccc(Cl)cc1. The van der Waals surface area contributed by atoms with Crippen LogP contribution in [0.15, 0.2) is 48.5 Å². The van der Waals surface area contributed by atoms with Crippen LogP contribution in [0.3, 0.4) is 0 Å². The van der Waals surface area contributed by atoms with Gasteiger partial charge in [0.15, 0.2) is 0 Å². The minimum Gasteiger partial charge on any atom is -0.489 e. The first-order valence-electron chi connectivity index (χ1n) is 6.62. The molecular formula is C16H18ClNO3. The Bertz CT molecular complexity index is 560. The average Bonchev–Trinajstić information content (AvgIpc) is 2.48. The minimum absolute atomic E-state index is 0.134. The summed E-state index contributed by atoms with van der Waals surface area (Å²) in [6, 6.07) is 14.5. The molecule has 2 aromatic rings. The lowest BCUT2D eigenvalue weighted by atomic mass is 10.2. The molecular weight excluding hydrogens is 290 g/mol. The van der Waals surface area contributed by atoms with E-state index in [0.29, 0.717) is 23.1 Å². The van der Waals surface area contributed by atoms with Gasteiger partial charge < -0.3 is 20.3 Å². The van der Waals surface area contributed by atoms with Crippen molar-refractivity contribution in [2.75, 3.05) is 18.9 Å². The van der Waals surface area contributed by atoms with Crippen molar-refractivity contribution in [1.82, 2.24) is 0 Å². The average molecular weight is 308 g/mol. The molecule has 0 saturated heterocycles. The third-order valence-electron chi connectivity index (χ3n) is 2.84. The lowest BCUT2D eigenvalue weighted by molar-refractivity contribution is 0.00563. The Morgan fingerprint density at radius 2 is 1.76 bits per heavy atom. The number of benzene rings is 2. The first-order chi connectivity index (χ1) is 10.1. The number of anilines is 1. The van der Waals surface area contributed by atoms with E-state index in [1.54, 1.807) is 24.3 Å². The molecule has 1 unspecified atom stereocenters. The third-order valence-corrected chi connectivity index (χ3v) is 3.09. The summed E-state index contributed by atoms with van der Waals surface area (Å²) in [6.45, 7) is 0.742. The zero-order valence-corrected chi connectivity index (χ0v) is 12.3. The van der Waals surface area contributed by atoms with Gasteiger partial charge in [0.2, 0.25) is 0 Å². The second-order valence-electron chi connectivity index (χ2n) is 4.64. The fraction of sp³-hybridized carbons (Fsp3) is 0.250. The Hall–Kier alpha value is -1.75. The fourth-order valence-electron chi connectivity index (χ4n) is 1.74. The topological polar surface area (TPSA) is 64.7 Å². The molecule has 0 saturated carbocycles. The van der Waals surface area contributed by atoms with Crippen LogP contribution in [0, 0.1) is 0 Å². The van der Waals surface area contributed by atoms with Gasteiger partial charge in [-0.25, -0.2) is 0 Å². The molecule has 21 heavy (non-hydrogen) atoms. The second kappa shape index (κ2) is 7.88. The molecule has 0 aromatic heterocycles. The third kappa shape index (κ3) is 5.27. The predicted octanol–water partition coefficient (Wildman–Crippen LogP) is 2.88. The van der Waals surface area contributed by atoms with Gasteiger partial charge in [-0.3, -0.25) is 0 Å². The van der Waals surface area contributed by atoms with Gasteiger partial charge in [-0.05, 0) is 29.8 Å². The summed E-state index contributed by atoms with van der Waals surface area (Å²) in [4.78, 5) is 0. The van der Waals surface area contributed by atoms with Crippen LogP contribution in [-0.2, 0) is 11.3 Å². The standard InChI is InChI=1S/C16H18ClNO3/c17-13-7-5-12(6-8-13)9-20-10-14(19)11-21-16-4-2-1-3-15(16)18/h1-8,14,19H,9-11,18H2. The number of para-hydroxylation sites is 2. The largest absolute Gasteiger partial charge is 0.489 e. The van der Waals surface area contributed by atoms with Gasteiger partial charge in [-0.15, -0.1) is 0 Å². The summed E-state index contributed by atoms with van der Waals surface area (Å²) in [7, 11) is 0. The predicted molar refractivity (Wildman–Crippen MR) is 83.5 cm³/mol. The minimum atomic E-state index is -0.711. The van der Waals surface area contributed by atoms with Crippen molar-refractivity contribution in [2.45, 2.75) is 12.7 Å². The molecule has 0 bridgehead atoms. The van der Waals surface area contributed by atoms with Crippen LogP contribution in [0.2, 0.25) is 5.02 Å². The first kappa shape index (κ1) is 15.6. The van der Waals surface area contributed by atoms with Gasteiger partial charge in [0.1, 0.15) is 18.5 Å². The van der Waals surface area contributed by atoms with Gasteiger partial charge >= 0.3 is 0 Å². The van der Waals surface area contributed by atoms with Crippen molar-refractivity contribution in [3.63, 3.8) is 0 Å². The number of ether oxygens (including phenoxy) is 2. The maximum Gasteiger partial charge on any atom is 0.142 e. The quantitative estimate of drug-likeness (QED) is 0.772. The normalized spacial score (nSPS) is 12.1. The number of hydrogen-bond donors (Lipinski definition) is 2. The smallest absolute Gasteiger partial charge is 0.142 e. The van der Waals surface area contributed by atoms with Crippen molar-refractivity contribution >= 4 is 17.3 Å². The highest BCUT2D eigenvalue weighted by molar-refractivity contribution is 6.30. The molecule has 0 aliphatic heterocycles. The zero-order chi connectivity index (χ0) is 15.1. The Morgan fingerprint density at radius 1 is 1.05 bits per heavy atom. The summed E-state index contributed by atoms with van der Waals surface area (Å²) < 4.78 is 10.9. The van der Waals surface area contributed by atoms with Gasteiger partial charge in [-0.2, -0.15) is 0 Å². The summed E-state index contributed by atoms with van der Waals surface area (Å²) in [6.07, 6.45) is -0.711. The summed E-state index contributed by atoms with van der Waals surface area (Å²) in [5.41, 5.74) is 7.29. The molecule has 0 radical (unpaired) electrons. The van der Waals surface area contributed by atoms with Crippen LogP contribution >= 0.6 is 11.6 Å². The Balaban J connectivity index is 1.69. The zero-order valence-electron chi connectivity index (χ0n) is 11.5. The van der Waals surface area contributed by atoms with Crippen LogP contribution in [0.4, 0.5) is 5.69 Å². The Kier molecular flexibility index (Phi) is 5.87. The molecule has 5 heteroatoms. The van der Waals surface area contributed by atoms with Crippen molar-refractivity contribution < 1.29 is 14.6 Å². The van der Waals surface area contributed by atoms with Crippen LogP contribution in [-0.4, -0.2) is 24.4 Å². The molecule has 2 rings (SSSR count). The summed E-state index contributed by atoms with van der Waals surface area (Å²) in [5.74, 6) is 0.564. The highest BCUT2D eigenvalue weighted by Gasteiger charge is 2.07. The lowest BCUT2D eigenvalue weighted by Crippen LogP contribution is -2.23. The van der Waals surface area contributed by atoms with E-state index in [4.69, 9.17) is 26.8 Å². The van der Waals surface area contributed by atoms with E-state index < -0.39 is 6.10 Å². The lowest BCUT2D eigenvalue weighted by Gasteiger charge is -2.14. The summed E-state index contributed by atoms with van der Waals surface area (Å²) in [5, 5.41) is 10.5. The van der Waals surface area contributed by atoms with E-state index in [1.165, 1.54) is 0 Å². The number of rotatable bonds is 7. The first-order valence-corrected chi connectivity index (χ1v) is 7.00. The van der Waals surface area contributed by atoms with E-state index in [-0.39, 0.29) is 13.2 Å². The monoisotopic (exact) mass is 307 g/mol. The van der Waals surface area contributed by atoms with E-state index in [9.17, 15) is 5.11 Å². The molecule has 4 nitrogen and oxygen atoms in total. The van der Waals surface area contributed by atoms with Gasteiger partial charge in [0, 0.05) is 5.02 Å². The van der Waals surface area contributed by atoms with E-state index in [1.807, 2.05) is 24.3 Å². The van der Waals surface area contributed by atoms with Gasteiger partial charge in [0.25, 0.3) is 0 Å². The Labute approximate surface area is 129 Å². The van der Waals surface area contributed by atoms with Gasteiger partial charge in [-0.1, -0.05) is 35.9 Å². The molecule has 0 aliphatic carbocycles. The van der Waals surface area contributed by atoms with Gasteiger partial charge in [0.05, 0.1) is 18.9 Å². The van der Waals surface area contributed by atoms with Crippen LogP contribution in [0.1, 0.15) is 5.56 Å². The second-order valence-corrected chi connectivity index (χ2v) is 5.08. The van der Waals surface area contributed by atoms with Crippen LogP contribution < -0.4 is 10.5 Å². The highest BCUT2D eigenvalue weighted by atomic mass is 35.5. The Morgan fingerprint density at radius 3 is 2.48 bits per heavy atom. The molecule has 0 fully saturated rings. The molecule has 3 N–H and O–H groups in total. The van der Waals surface area contributed by atoms with E-state index in [0.717, 1.165) is 5.56 Å². The maximum absolute atomic E-state index is 9.81. The number of aliphatic hydroxyl groups excluding tert-OH is 1. The molecule has 0 aliphatic rings. The number of nitrogen functional groups attached to an aromatic ring is 1.